The maximum atomic E-state index is 12.9. The Bertz CT molecular complexity index is 1330. The van der Waals surface area contributed by atoms with E-state index < -0.39 is 5.97 Å². The van der Waals surface area contributed by atoms with Crippen LogP contribution in [0.1, 0.15) is 6.92 Å². The molecule has 0 saturated carbocycles. The third-order valence-electron chi connectivity index (χ3n) is 5.51. The Morgan fingerprint density at radius 3 is 2.69 bits per heavy atom. The lowest BCUT2D eigenvalue weighted by atomic mass is 10.3. The van der Waals surface area contributed by atoms with Gasteiger partial charge in [-0.2, -0.15) is 5.26 Å². The van der Waals surface area contributed by atoms with E-state index in [2.05, 4.69) is 16.8 Å². The van der Waals surface area contributed by atoms with E-state index >= 15 is 0 Å². The van der Waals surface area contributed by atoms with Gasteiger partial charge in [0.25, 0.3) is 11.5 Å². The van der Waals surface area contributed by atoms with Gasteiger partial charge >= 0.3 is 5.97 Å². The molecule has 0 radical (unpaired) electrons. The molecular formula is C25H29N5O5S. The average molecular weight is 512 g/mol. The summed E-state index contributed by atoms with van der Waals surface area (Å²) in [5.74, 6) is -0.356. The fourth-order valence-corrected chi connectivity index (χ4v) is 4.57. The second-order valence-corrected chi connectivity index (χ2v) is 9.01. The van der Waals surface area contributed by atoms with Crippen molar-refractivity contribution in [1.29, 1.82) is 5.26 Å². The number of piperazine rings is 1. The van der Waals surface area contributed by atoms with Crippen LogP contribution >= 0.6 is 11.3 Å². The number of amides is 1. The Morgan fingerprint density at radius 2 is 2.03 bits per heavy atom. The van der Waals surface area contributed by atoms with Crippen LogP contribution in [0.4, 0.5) is 5.69 Å². The average Bonchev–Trinajstić information content (AvgIpc) is 3.20. The van der Waals surface area contributed by atoms with Crippen LogP contribution in [0.2, 0.25) is 0 Å². The fourth-order valence-electron chi connectivity index (χ4n) is 3.50. The minimum atomic E-state index is -0.809. The number of thiazole rings is 1. The Labute approximate surface area is 212 Å². The smallest absolute Gasteiger partial charge is 0.352 e. The van der Waals surface area contributed by atoms with Crippen molar-refractivity contribution in [3.05, 3.63) is 56.5 Å². The van der Waals surface area contributed by atoms with E-state index in [-0.39, 0.29) is 41.5 Å². The first-order valence-electron chi connectivity index (χ1n) is 11.5. The van der Waals surface area contributed by atoms with Crippen LogP contribution in [0.3, 0.4) is 0 Å². The lowest BCUT2D eigenvalue weighted by Gasteiger charge is -2.32. The predicted molar refractivity (Wildman–Crippen MR) is 138 cm³/mol. The van der Waals surface area contributed by atoms with Crippen LogP contribution in [-0.2, 0) is 20.9 Å². The Kier molecular flexibility index (Phi) is 9.44. The molecule has 0 aliphatic carbocycles. The molecular weight excluding hydrogens is 482 g/mol. The monoisotopic (exact) mass is 511 g/mol. The second-order valence-electron chi connectivity index (χ2n) is 7.98. The number of likely N-dealkylation sites (N-methyl/N-ethyl adjacent to an activating group) is 1. The van der Waals surface area contributed by atoms with Gasteiger partial charge < -0.3 is 24.6 Å². The molecule has 2 aromatic rings. The lowest BCUT2D eigenvalue weighted by molar-refractivity contribution is -0.136. The molecule has 36 heavy (non-hydrogen) atoms. The Morgan fingerprint density at radius 1 is 1.28 bits per heavy atom. The molecule has 0 unspecified atom stereocenters. The molecule has 1 aromatic carbocycles. The molecule has 1 aliphatic heterocycles. The van der Waals surface area contributed by atoms with Gasteiger partial charge in [-0.1, -0.05) is 18.7 Å². The van der Waals surface area contributed by atoms with Crippen molar-refractivity contribution >= 4 is 40.7 Å². The Balaban J connectivity index is 1.76. The summed E-state index contributed by atoms with van der Waals surface area (Å²) < 4.78 is 12.6. The van der Waals surface area contributed by atoms with Gasteiger partial charge in [-0.25, -0.2) is 4.79 Å². The van der Waals surface area contributed by atoms with Crippen molar-refractivity contribution < 1.29 is 19.1 Å². The summed E-state index contributed by atoms with van der Waals surface area (Å²) in [5.41, 5.74) is 0.0761. The molecule has 0 spiro atoms. The SMILES string of the molecule is C=CCOC(=O)/C(C#N)=c1\s/c(=C/Nc2cccc(OCC(=O)N3CCN(C)CC3)c2)c(=O)n1CC. The lowest BCUT2D eigenvalue weighted by Crippen LogP contribution is -2.48. The molecule has 1 aliphatic rings. The normalized spacial score (nSPS) is 15.1. The van der Waals surface area contributed by atoms with Crippen molar-refractivity contribution in [3.63, 3.8) is 0 Å². The summed E-state index contributed by atoms with van der Waals surface area (Å²) in [6.07, 6.45) is 2.92. The molecule has 2 heterocycles. The van der Waals surface area contributed by atoms with E-state index in [4.69, 9.17) is 9.47 Å². The second kappa shape index (κ2) is 12.7. The van der Waals surface area contributed by atoms with Crippen molar-refractivity contribution in [3.8, 4) is 11.8 Å². The fraction of sp³-hybridized carbons (Fsp3) is 0.360. The van der Waals surface area contributed by atoms with Crippen LogP contribution < -0.4 is 24.8 Å². The number of ether oxygens (including phenoxy) is 2. The number of nitrogens with one attached hydrogen (secondary N) is 1. The van der Waals surface area contributed by atoms with Crippen molar-refractivity contribution in [2.24, 2.45) is 0 Å². The molecule has 1 aromatic heterocycles. The molecule has 0 atom stereocenters. The summed E-state index contributed by atoms with van der Waals surface area (Å²) >= 11 is 1.02. The van der Waals surface area contributed by atoms with E-state index in [1.807, 2.05) is 13.1 Å². The van der Waals surface area contributed by atoms with Crippen molar-refractivity contribution in [2.45, 2.75) is 13.5 Å². The molecule has 1 saturated heterocycles. The number of anilines is 1. The van der Waals surface area contributed by atoms with Gasteiger partial charge in [0, 0.05) is 50.7 Å². The third kappa shape index (κ3) is 6.62. The van der Waals surface area contributed by atoms with Crippen LogP contribution in [0.15, 0.2) is 41.7 Å². The summed E-state index contributed by atoms with van der Waals surface area (Å²) in [4.78, 5) is 41.5. The van der Waals surface area contributed by atoms with Gasteiger partial charge in [-0.3, -0.25) is 14.2 Å². The van der Waals surface area contributed by atoms with Crippen LogP contribution in [0, 0.1) is 11.3 Å². The number of carbonyl (C=O) groups is 2. The number of benzene rings is 1. The highest BCUT2D eigenvalue weighted by atomic mass is 32.1. The maximum absolute atomic E-state index is 12.9. The quantitative estimate of drug-likeness (QED) is 0.378. The molecule has 11 heteroatoms. The number of aromatic nitrogens is 1. The highest BCUT2D eigenvalue weighted by Crippen LogP contribution is 2.17. The molecule has 3 rings (SSSR count). The first kappa shape index (κ1) is 26.7. The highest BCUT2D eigenvalue weighted by Gasteiger charge is 2.19. The summed E-state index contributed by atoms with van der Waals surface area (Å²) in [6, 6.07) is 8.88. The van der Waals surface area contributed by atoms with Crippen LogP contribution in [-0.4, -0.2) is 72.7 Å². The number of nitrogens with zero attached hydrogens (tertiary/aromatic N) is 4. The van der Waals surface area contributed by atoms with E-state index in [9.17, 15) is 19.6 Å². The number of hydrogen-bond acceptors (Lipinski definition) is 9. The number of carbonyl (C=O) groups excluding carboxylic acids is 2. The first-order chi connectivity index (χ1) is 17.4. The molecule has 1 fully saturated rings. The number of hydrogen-bond donors (Lipinski definition) is 1. The molecule has 190 valence electrons. The van der Waals surface area contributed by atoms with Crippen LogP contribution in [0.25, 0.3) is 11.8 Å². The number of esters is 1. The summed E-state index contributed by atoms with van der Waals surface area (Å²) in [6.45, 7) is 8.48. The van der Waals surface area contributed by atoms with Crippen LogP contribution in [0.5, 0.6) is 5.75 Å². The van der Waals surface area contributed by atoms with Gasteiger partial charge in [0.15, 0.2) is 12.2 Å². The maximum Gasteiger partial charge on any atom is 0.352 e. The zero-order valence-electron chi connectivity index (χ0n) is 20.4. The third-order valence-corrected chi connectivity index (χ3v) is 6.64. The summed E-state index contributed by atoms with van der Waals surface area (Å²) in [5, 5.41) is 12.6. The molecule has 0 bridgehead atoms. The molecule has 1 N–H and O–H groups in total. The summed E-state index contributed by atoms with van der Waals surface area (Å²) in [7, 11) is 2.03. The van der Waals surface area contributed by atoms with Gasteiger partial charge in [0.05, 0.1) is 0 Å². The number of nitriles is 1. The van der Waals surface area contributed by atoms with Gasteiger partial charge in [0.2, 0.25) is 0 Å². The first-order valence-corrected chi connectivity index (χ1v) is 12.3. The van der Waals surface area contributed by atoms with Gasteiger partial charge in [-0.15, -0.1) is 11.3 Å². The number of rotatable bonds is 9. The van der Waals surface area contributed by atoms with Gasteiger partial charge in [-0.05, 0) is 26.1 Å². The van der Waals surface area contributed by atoms with E-state index in [0.717, 1.165) is 24.4 Å². The highest BCUT2D eigenvalue weighted by molar-refractivity contribution is 7.07. The van der Waals surface area contributed by atoms with E-state index in [1.54, 1.807) is 36.1 Å². The largest absolute Gasteiger partial charge is 0.484 e. The molecule has 10 nitrogen and oxygen atoms in total. The standard InChI is InChI=1S/C25H29N5O5S/c1-4-13-34-25(33)20(15-26)24-30(5-2)23(32)21(36-24)16-27-18-7-6-8-19(14-18)35-17-22(31)29-11-9-28(3)10-12-29/h4,6-8,14,16,27H,1,5,9-13,17H2,2-3H3/b21-16+,24-20-. The van der Waals surface area contributed by atoms with E-state index in [0.29, 0.717) is 29.1 Å². The molecule has 1 amide bonds. The van der Waals surface area contributed by atoms with Crippen molar-refractivity contribution in [2.75, 3.05) is 51.8 Å². The minimum absolute atomic E-state index is 0.0360. The zero-order chi connectivity index (χ0) is 26.1. The zero-order valence-corrected chi connectivity index (χ0v) is 21.2. The Hall–Kier alpha value is -3.88. The minimum Gasteiger partial charge on any atom is -0.484 e. The van der Waals surface area contributed by atoms with Gasteiger partial charge in [0.1, 0.15) is 27.6 Å². The van der Waals surface area contributed by atoms with Crippen molar-refractivity contribution in [1.82, 2.24) is 14.4 Å². The predicted octanol–water partition coefficient (Wildman–Crippen LogP) is 0.336. The van der Waals surface area contributed by atoms with E-state index in [1.165, 1.54) is 16.8 Å². The topological polar surface area (TPSA) is 117 Å².